The Bertz CT molecular complexity index is 343. The van der Waals surface area contributed by atoms with E-state index in [9.17, 15) is 10.1 Å². The first-order chi connectivity index (χ1) is 6.15. The quantitative estimate of drug-likeness (QED) is 0.317. The third kappa shape index (κ3) is 2.02. The van der Waals surface area contributed by atoms with Crippen LogP contribution in [0.15, 0.2) is 29.3 Å². The van der Waals surface area contributed by atoms with Gasteiger partial charge in [-0.05, 0) is 12.1 Å². The normalized spacial score (nSPS) is 11.3. The maximum Gasteiger partial charge on any atom is 0.269 e. The molecule has 13 heavy (non-hydrogen) atoms. The molecule has 5 heteroatoms. The molecule has 1 rings (SSSR count). The monoisotopic (exact) mass is 179 g/mol. The first-order valence-corrected chi connectivity index (χ1v) is 3.62. The second-order valence-corrected chi connectivity index (χ2v) is 2.41. The predicted molar refractivity (Wildman–Crippen MR) is 49.7 cm³/mol. The van der Waals surface area contributed by atoms with Crippen LogP contribution in [0.1, 0.15) is 5.56 Å². The number of nitro groups is 1. The van der Waals surface area contributed by atoms with Crippen molar-refractivity contribution in [1.82, 2.24) is 0 Å². The third-order valence-corrected chi connectivity index (χ3v) is 1.61. The van der Waals surface area contributed by atoms with Crippen molar-refractivity contribution >= 4 is 11.5 Å². The molecule has 1 aromatic rings. The number of nitro benzene ring substituents is 1. The molecule has 0 unspecified atom stereocenters. The zero-order valence-electron chi connectivity index (χ0n) is 7.10. The van der Waals surface area contributed by atoms with Gasteiger partial charge in [0.05, 0.1) is 4.92 Å². The number of aliphatic imine (C=N–C) groups is 1. The molecule has 2 N–H and O–H groups in total. The van der Waals surface area contributed by atoms with Gasteiger partial charge >= 0.3 is 0 Å². The molecule has 0 amide bonds. The predicted octanol–water partition coefficient (Wildman–Crippen LogP) is 0.930. The molecule has 0 spiro atoms. The smallest absolute Gasteiger partial charge is 0.269 e. The van der Waals surface area contributed by atoms with E-state index in [-0.39, 0.29) is 5.69 Å². The van der Waals surface area contributed by atoms with Crippen LogP contribution in [0.2, 0.25) is 0 Å². The van der Waals surface area contributed by atoms with Gasteiger partial charge in [0.25, 0.3) is 5.69 Å². The summed E-state index contributed by atoms with van der Waals surface area (Å²) in [5, 5.41) is 10.3. The first-order valence-electron chi connectivity index (χ1n) is 3.62. The average Bonchev–Trinajstić information content (AvgIpc) is 2.17. The Morgan fingerprint density at radius 3 is 2.38 bits per heavy atom. The van der Waals surface area contributed by atoms with Crippen LogP contribution in [0, 0.1) is 10.1 Å². The van der Waals surface area contributed by atoms with Gasteiger partial charge in [-0.25, -0.2) is 0 Å². The fourth-order valence-corrected chi connectivity index (χ4v) is 0.883. The number of benzene rings is 1. The lowest BCUT2D eigenvalue weighted by molar-refractivity contribution is -0.384. The summed E-state index contributed by atoms with van der Waals surface area (Å²) in [6.07, 6.45) is 0. The molecule has 0 heterocycles. The highest BCUT2D eigenvalue weighted by molar-refractivity contribution is 5.97. The fraction of sp³-hybridized carbons (Fsp3) is 0.125. The molecule has 0 radical (unpaired) electrons. The topological polar surface area (TPSA) is 81.5 Å². The largest absolute Gasteiger partial charge is 0.384 e. The van der Waals surface area contributed by atoms with Crippen molar-refractivity contribution in [2.45, 2.75) is 0 Å². The van der Waals surface area contributed by atoms with E-state index in [2.05, 4.69) is 4.99 Å². The number of rotatable bonds is 2. The number of amidine groups is 1. The molecular formula is C8H9N3O2. The molecule has 0 atom stereocenters. The van der Waals surface area contributed by atoms with Crippen molar-refractivity contribution in [3.05, 3.63) is 39.9 Å². The van der Waals surface area contributed by atoms with Crippen molar-refractivity contribution in [1.29, 1.82) is 0 Å². The highest BCUT2D eigenvalue weighted by atomic mass is 16.6. The van der Waals surface area contributed by atoms with Crippen LogP contribution in [-0.2, 0) is 0 Å². The van der Waals surface area contributed by atoms with Gasteiger partial charge in [-0.1, -0.05) is 0 Å². The van der Waals surface area contributed by atoms with Crippen molar-refractivity contribution in [3.8, 4) is 0 Å². The standard InChI is InChI=1S/C8H9N3O2/c1-10-8(9)6-2-4-7(5-3-6)11(12)13/h2-5H,1H3,(H2,9,10). The lowest BCUT2D eigenvalue weighted by atomic mass is 10.2. The van der Waals surface area contributed by atoms with Crippen molar-refractivity contribution in [2.75, 3.05) is 7.05 Å². The SMILES string of the molecule is CN=C(N)c1ccc([N+](=O)[O-])cc1. The highest BCUT2D eigenvalue weighted by Gasteiger charge is 2.04. The van der Waals surface area contributed by atoms with Gasteiger partial charge in [0.2, 0.25) is 0 Å². The Morgan fingerprint density at radius 1 is 1.46 bits per heavy atom. The minimum absolute atomic E-state index is 0.0488. The second kappa shape index (κ2) is 3.66. The third-order valence-electron chi connectivity index (χ3n) is 1.61. The maximum absolute atomic E-state index is 10.3. The molecule has 5 nitrogen and oxygen atoms in total. The van der Waals surface area contributed by atoms with E-state index in [1.807, 2.05) is 0 Å². The molecule has 0 saturated carbocycles. The van der Waals surface area contributed by atoms with Crippen LogP contribution in [-0.4, -0.2) is 17.8 Å². The molecule has 0 saturated heterocycles. The lowest BCUT2D eigenvalue weighted by Crippen LogP contribution is -2.12. The maximum atomic E-state index is 10.3. The van der Waals surface area contributed by atoms with Gasteiger partial charge < -0.3 is 5.73 Å². The van der Waals surface area contributed by atoms with Crippen molar-refractivity contribution in [2.24, 2.45) is 10.7 Å². The number of non-ortho nitro benzene ring substituents is 1. The Balaban J connectivity index is 3.00. The van der Waals surface area contributed by atoms with Crippen LogP contribution >= 0.6 is 0 Å². The molecule has 0 bridgehead atoms. The van der Waals surface area contributed by atoms with Crippen molar-refractivity contribution in [3.63, 3.8) is 0 Å². The Labute approximate surface area is 75.0 Å². The Kier molecular flexibility index (Phi) is 2.59. The van der Waals surface area contributed by atoms with E-state index >= 15 is 0 Å². The zero-order chi connectivity index (χ0) is 9.84. The van der Waals surface area contributed by atoms with Crippen LogP contribution < -0.4 is 5.73 Å². The minimum Gasteiger partial charge on any atom is -0.384 e. The van der Waals surface area contributed by atoms with E-state index in [1.165, 1.54) is 12.1 Å². The minimum atomic E-state index is -0.455. The van der Waals surface area contributed by atoms with Gasteiger partial charge in [-0.2, -0.15) is 0 Å². The van der Waals surface area contributed by atoms with Gasteiger partial charge in [0.1, 0.15) is 5.84 Å². The van der Waals surface area contributed by atoms with Crippen LogP contribution in [0.25, 0.3) is 0 Å². The number of nitrogens with zero attached hydrogens (tertiary/aromatic N) is 2. The molecule has 0 aliphatic heterocycles. The summed E-state index contributed by atoms with van der Waals surface area (Å²) < 4.78 is 0. The summed E-state index contributed by atoms with van der Waals surface area (Å²) in [4.78, 5) is 13.6. The van der Waals surface area contributed by atoms with Crippen LogP contribution in [0.3, 0.4) is 0 Å². The number of hydrogen-bond acceptors (Lipinski definition) is 3. The summed E-state index contributed by atoms with van der Waals surface area (Å²) in [6.45, 7) is 0. The molecule has 0 aliphatic carbocycles. The van der Waals surface area contributed by atoms with Gasteiger partial charge in [0.15, 0.2) is 0 Å². The Hall–Kier alpha value is -1.91. The van der Waals surface area contributed by atoms with E-state index in [0.717, 1.165) is 0 Å². The summed E-state index contributed by atoms with van der Waals surface area (Å²) in [6, 6.07) is 5.93. The molecule has 0 aliphatic rings. The summed E-state index contributed by atoms with van der Waals surface area (Å²) >= 11 is 0. The summed E-state index contributed by atoms with van der Waals surface area (Å²) in [5.74, 6) is 0.370. The number of nitrogens with two attached hydrogens (primary N) is 1. The fourth-order valence-electron chi connectivity index (χ4n) is 0.883. The van der Waals surface area contributed by atoms with Crippen LogP contribution in [0.4, 0.5) is 5.69 Å². The van der Waals surface area contributed by atoms with Crippen molar-refractivity contribution < 1.29 is 4.92 Å². The van der Waals surface area contributed by atoms with E-state index in [1.54, 1.807) is 19.2 Å². The molecule has 0 aromatic heterocycles. The molecule has 1 aromatic carbocycles. The summed E-state index contributed by atoms with van der Waals surface area (Å²) in [7, 11) is 1.57. The summed E-state index contributed by atoms with van der Waals surface area (Å²) in [5.41, 5.74) is 6.24. The number of hydrogen-bond donors (Lipinski definition) is 1. The van der Waals surface area contributed by atoms with Crippen LogP contribution in [0.5, 0.6) is 0 Å². The van der Waals surface area contributed by atoms with E-state index in [0.29, 0.717) is 11.4 Å². The zero-order valence-corrected chi connectivity index (χ0v) is 7.10. The van der Waals surface area contributed by atoms with E-state index < -0.39 is 4.92 Å². The lowest BCUT2D eigenvalue weighted by Gasteiger charge is -1.97. The van der Waals surface area contributed by atoms with Gasteiger partial charge in [-0.15, -0.1) is 0 Å². The molecule has 68 valence electrons. The van der Waals surface area contributed by atoms with Gasteiger partial charge in [-0.3, -0.25) is 15.1 Å². The molecular weight excluding hydrogens is 170 g/mol. The van der Waals surface area contributed by atoms with E-state index in [4.69, 9.17) is 5.73 Å². The second-order valence-electron chi connectivity index (χ2n) is 2.41. The van der Waals surface area contributed by atoms with Gasteiger partial charge in [0, 0.05) is 24.7 Å². The first kappa shape index (κ1) is 9.18. The average molecular weight is 179 g/mol. The Morgan fingerprint density at radius 2 is 2.00 bits per heavy atom. The molecule has 0 fully saturated rings. The highest BCUT2D eigenvalue weighted by Crippen LogP contribution is 2.11.